The number of aromatic amines is 1. The molecule has 0 aliphatic heterocycles. The average Bonchev–Trinajstić information content (AvgIpc) is 2.94. The van der Waals surface area contributed by atoms with E-state index >= 15 is 0 Å². The molecule has 0 saturated heterocycles. The Bertz CT molecular complexity index is 760. The predicted molar refractivity (Wildman–Crippen MR) is 79.7 cm³/mol. The minimum atomic E-state index is 0.385. The number of fused-ring (bicyclic) bond motifs is 2. The molecule has 3 heteroatoms. The average molecular weight is 263 g/mol. The van der Waals surface area contributed by atoms with Gasteiger partial charge in [-0.15, -0.1) is 0 Å². The molecule has 0 saturated carbocycles. The van der Waals surface area contributed by atoms with E-state index < -0.39 is 0 Å². The maximum Gasteiger partial charge on any atom is 0.140 e. The van der Waals surface area contributed by atoms with Gasteiger partial charge in [-0.2, -0.15) is 0 Å². The Kier molecular flexibility index (Phi) is 2.59. The molecule has 1 N–H and O–H groups in total. The summed E-state index contributed by atoms with van der Waals surface area (Å²) >= 11 is 0. The Morgan fingerprint density at radius 2 is 2.05 bits per heavy atom. The van der Waals surface area contributed by atoms with Crippen molar-refractivity contribution in [1.82, 2.24) is 15.0 Å². The Hall–Kier alpha value is -2.16. The zero-order chi connectivity index (χ0) is 13.5. The highest BCUT2D eigenvalue weighted by molar-refractivity contribution is 5.78. The zero-order valence-corrected chi connectivity index (χ0v) is 11.5. The van der Waals surface area contributed by atoms with Gasteiger partial charge >= 0.3 is 0 Å². The third kappa shape index (κ3) is 1.73. The molecule has 2 heterocycles. The number of benzene rings is 1. The van der Waals surface area contributed by atoms with Crippen LogP contribution in [0.1, 0.15) is 36.1 Å². The summed E-state index contributed by atoms with van der Waals surface area (Å²) in [5, 5.41) is 1.15. The molecule has 1 aromatic carbocycles. The molecule has 2 aromatic heterocycles. The van der Waals surface area contributed by atoms with Gasteiger partial charge in [-0.25, -0.2) is 9.97 Å². The van der Waals surface area contributed by atoms with Crippen molar-refractivity contribution in [3.63, 3.8) is 0 Å². The smallest absolute Gasteiger partial charge is 0.140 e. The van der Waals surface area contributed by atoms with Gasteiger partial charge in [0, 0.05) is 17.5 Å². The fourth-order valence-electron chi connectivity index (χ4n) is 3.48. The third-order valence-electron chi connectivity index (χ3n) is 4.35. The van der Waals surface area contributed by atoms with Gasteiger partial charge in [-0.05, 0) is 36.0 Å². The van der Waals surface area contributed by atoms with E-state index in [1.807, 2.05) is 6.20 Å². The second-order valence-corrected chi connectivity index (χ2v) is 5.80. The number of hydrogen-bond donors (Lipinski definition) is 1. The summed E-state index contributed by atoms with van der Waals surface area (Å²) in [5.74, 6) is 1.08. The normalized spacial score (nSPS) is 21.9. The summed E-state index contributed by atoms with van der Waals surface area (Å²) in [6.45, 7) is 2.33. The standard InChI is InChI=1S/C17H17N3/c1-11-8-12-4-2-3-5-13(12)15(9-11)16-14-6-7-18-17(14)20-10-19-16/h2-7,10-11,15H,8-9H2,1H3,(H,18,19,20). The molecule has 0 amide bonds. The van der Waals surface area contributed by atoms with Crippen LogP contribution < -0.4 is 0 Å². The monoisotopic (exact) mass is 263 g/mol. The van der Waals surface area contributed by atoms with E-state index in [1.54, 1.807) is 6.33 Å². The van der Waals surface area contributed by atoms with Gasteiger partial charge in [-0.3, -0.25) is 0 Å². The molecule has 100 valence electrons. The molecule has 1 aliphatic rings. The number of rotatable bonds is 1. The lowest BCUT2D eigenvalue weighted by atomic mass is 9.75. The van der Waals surface area contributed by atoms with Crippen LogP contribution in [-0.2, 0) is 6.42 Å². The maximum absolute atomic E-state index is 4.60. The predicted octanol–water partition coefficient (Wildman–Crippen LogP) is 3.67. The lowest BCUT2D eigenvalue weighted by molar-refractivity contribution is 0.461. The first-order valence-corrected chi connectivity index (χ1v) is 7.18. The SMILES string of the molecule is CC1Cc2ccccc2C(c2ncnc3[nH]ccc23)C1. The first-order valence-electron chi connectivity index (χ1n) is 7.18. The second-order valence-electron chi connectivity index (χ2n) is 5.80. The van der Waals surface area contributed by atoms with E-state index in [9.17, 15) is 0 Å². The Labute approximate surface area is 118 Å². The van der Waals surface area contributed by atoms with Crippen molar-refractivity contribution in [2.75, 3.05) is 0 Å². The van der Waals surface area contributed by atoms with Crippen LogP contribution in [0.2, 0.25) is 0 Å². The van der Waals surface area contributed by atoms with Crippen molar-refractivity contribution in [2.24, 2.45) is 5.92 Å². The molecule has 0 radical (unpaired) electrons. The highest BCUT2D eigenvalue weighted by Gasteiger charge is 2.27. The van der Waals surface area contributed by atoms with Gasteiger partial charge in [0.1, 0.15) is 12.0 Å². The molecule has 3 aromatic rings. The summed E-state index contributed by atoms with van der Waals surface area (Å²) in [6.07, 6.45) is 5.96. The minimum absolute atomic E-state index is 0.385. The van der Waals surface area contributed by atoms with Crippen LogP contribution in [0.4, 0.5) is 0 Å². The van der Waals surface area contributed by atoms with Crippen LogP contribution in [0, 0.1) is 5.92 Å². The summed E-state index contributed by atoms with van der Waals surface area (Å²) in [7, 11) is 0. The molecule has 1 aliphatic carbocycles. The van der Waals surface area contributed by atoms with Crippen molar-refractivity contribution in [3.05, 3.63) is 59.7 Å². The van der Waals surface area contributed by atoms with Crippen LogP contribution >= 0.6 is 0 Å². The quantitative estimate of drug-likeness (QED) is 0.727. The van der Waals surface area contributed by atoms with E-state index in [0.29, 0.717) is 11.8 Å². The number of aromatic nitrogens is 3. The Morgan fingerprint density at radius 1 is 1.15 bits per heavy atom. The molecule has 2 atom stereocenters. The zero-order valence-electron chi connectivity index (χ0n) is 11.5. The van der Waals surface area contributed by atoms with Crippen molar-refractivity contribution in [2.45, 2.75) is 25.7 Å². The summed E-state index contributed by atoms with van der Waals surface area (Å²) in [6, 6.07) is 10.9. The van der Waals surface area contributed by atoms with Gasteiger partial charge in [0.2, 0.25) is 0 Å². The molecular weight excluding hydrogens is 246 g/mol. The Balaban J connectivity index is 1.92. The van der Waals surface area contributed by atoms with Crippen molar-refractivity contribution in [3.8, 4) is 0 Å². The molecule has 2 unspecified atom stereocenters. The van der Waals surface area contributed by atoms with Crippen LogP contribution in [-0.4, -0.2) is 15.0 Å². The van der Waals surface area contributed by atoms with E-state index in [0.717, 1.165) is 23.1 Å². The maximum atomic E-state index is 4.60. The van der Waals surface area contributed by atoms with Crippen molar-refractivity contribution < 1.29 is 0 Å². The summed E-state index contributed by atoms with van der Waals surface area (Å²) < 4.78 is 0. The van der Waals surface area contributed by atoms with E-state index in [1.165, 1.54) is 17.5 Å². The van der Waals surface area contributed by atoms with Gasteiger partial charge in [0.25, 0.3) is 0 Å². The second kappa shape index (κ2) is 4.44. The molecular formula is C17H17N3. The van der Waals surface area contributed by atoms with Gasteiger partial charge < -0.3 is 4.98 Å². The lowest BCUT2D eigenvalue weighted by Crippen LogP contribution is -2.18. The highest BCUT2D eigenvalue weighted by atomic mass is 14.9. The molecule has 20 heavy (non-hydrogen) atoms. The summed E-state index contributed by atoms with van der Waals surface area (Å²) in [5.41, 5.74) is 5.01. The van der Waals surface area contributed by atoms with Gasteiger partial charge in [0.15, 0.2) is 0 Å². The van der Waals surface area contributed by atoms with E-state index in [-0.39, 0.29) is 0 Å². The molecule has 3 nitrogen and oxygen atoms in total. The highest BCUT2D eigenvalue weighted by Crippen LogP contribution is 2.40. The number of hydrogen-bond acceptors (Lipinski definition) is 2. The van der Waals surface area contributed by atoms with E-state index in [4.69, 9.17) is 0 Å². The molecule has 0 bridgehead atoms. The first kappa shape index (κ1) is 11.6. The topological polar surface area (TPSA) is 41.6 Å². The van der Waals surface area contributed by atoms with E-state index in [2.05, 4.69) is 52.2 Å². The molecule has 4 rings (SSSR count). The van der Waals surface area contributed by atoms with Crippen LogP contribution in [0.5, 0.6) is 0 Å². The molecule has 0 spiro atoms. The van der Waals surface area contributed by atoms with Crippen LogP contribution in [0.3, 0.4) is 0 Å². The molecule has 0 fully saturated rings. The van der Waals surface area contributed by atoms with Crippen molar-refractivity contribution in [1.29, 1.82) is 0 Å². The largest absolute Gasteiger partial charge is 0.346 e. The lowest BCUT2D eigenvalue weighted by Gasteiger charge is -2.29. The first-order chi connectivity index (χ1) is 9.83. The Morgan fingerprint density at radius 3 is 3.00 bits per heavy atom. The van der Waals surface area contributed by atoms with Crippen LogP contribution in [0.25, 0.3) is 11.0 Å². The fourth-order valence-corrected chi connectivity index (χ4v) is 3.48. The van der Waals surface area contributed by atoms with Gasteiger partial charge in [0.05, 0.1) is 5.69 Å². The number of nitrogens with one attached hydrogen (secondary N) is 1. The fraction of sp³-hybridized carbons (Fsp3) is 0.294. The minimum Gasteiger partial charge on any atom is -0.346 e. The summed E-state index contributed by atoms with van der Waals surface area (Å²) in [4.78, 5) is 12.1. The number of H-pyrrole nitrogens is 1. The van der Waals surface area contributed by atoms with Crippen molar-refractivity contribution >= 4 is 11.0 Å². The van der Waals surface area contributed by atoms with Gasteiger partial charge in [-0.1, -0.05) is 31.2 Å². The number of nitrogens with zero attached hydrogens (tertiary/aromatic N) is 2. The van der Waals surface area contributed by atoms with Crippen LogP contribution in [0.15, 0.2) is 42.9 Å². The third-order valence-corrected chi connectivity index (χ3v) is 4.35.